The number of nitrogens with two attached hydrogens (primary N) is 1. The van der Waals surface area contributed by atoms with Crippen LogP contribution in [-0.4, -0.2) is 35.5 Å². The molecule has 0 bridgehead atoms. The molecule has 0 unspecified atom stereocenters. The summed E-state index contributed by atoms with van der Waals surface area (Å²) in [5, 5.41) is 5.24. The predicted molar refractivity (Wildman–Crippen MR) is 105 cm³/mol. The maximum atomic E-state index is 11.9. The molecule has 0 radical (unpaired) electrons. The molecule has 146 valence electrons. The highest BCUT2D eigenvalue weighted by Crippen LogP contribution is 2.38. The fourth-order valence-electron chi connectivity index (χ4n) is 3.31. The van der Waals surface area contributed by atoms with Crippen LogP contribution in [0.1, 0.15) is 49.7 Å². The molecule has 0 spiro atoms. The van der Waals surface area contributed by atoms with Gasteiger partial charge >= 0.3 is 0 Å². The molecule has 1 amide bonds. The van der Waals surface area contributed by atoms with E-state index in [1.807, 2.05) is 10.7 Å². The summed E-state index contributed by atoms with van der Waals surface area (Å²) < 4.78 is 13.3. The van der Waals surface area contributed by atoms with E-state index in [-0.39, 0.29) is 17.1 Å². The molecule has 2 heterocycles. The molecule has 1 aliphatic rings. The minimum Gasteiger partial charge on any atom is -0.495 e. The van der Waals surface area contributed by atoms with Crippen LogP contribution in [0.25, 0.3) is 11.3 Å². The molecule has 2 aromatic rings. The van der Waals surface area contributed by atoms with Gasteiger partial charge in [-0.2, -0.15) is 5.10 Å². The Labute approximate surface area is 164 Å². The first-order chi connectivity index (χ1) is 12.7. The SMILES string of the molecule is COc1c(C(N)=O)cc(Cl)cc1-c1cc(C(C)(C)C)nn1C[C@@H]1CCCO1. The van der Waals surface area contributed by atoms with E-state index in [9.17, 15) is 4.79 Å². The number of amides is 1. The first-order valence-corrected chi connectivity index (χ1v) is 9.46. The third-order valence-corrected chi connectivity index (χ3v) is 4.97. The van der Waals surface area contributed by atoms with Crippen molar-refractivity contribution in [3.63, 3.8) is 0 Å². The first kappa shape index (κ1) is 19.7. The van der Waals surface area contributed by atoms with Gasteiger partial charge in [0.25, 0.3) is 5.91 Å². The molecular formula is C20H26ClN3O3. The van der Waals surface area contributed by atoms with Crippen LogP contribution in [0.4, 0.5) is 0 Å². The van der Waals surface area contributed by atoms with E-state index in [1.54, 1.807) is 6.07 Å². The summed E-state index contributed by atoms with van der Waals surface area (Å²) in [6.45, 7) is 7.74. The molecule has 27 heavy (non-hydrogen) atoms. The summed E-state index contributed by atoms with van der Waals surface area (Å²) in [5.74, 6) is -0.183. The molecule has 1 atom stereocenters. The van der Waals surface area contributed by atoms with Gasteiger partial charge in [-0.05, 0) is 31.0 Å². The summed E-state index contributed by atoms with van der Waals surface area (Å²) in [6.07, 6.45) is 2.18. The summed E-state index contributed by atoms with van der Waals surface area (Å²) in [6, 6.07) is 5.33. The van der Waals surface area contributed by atoms with Crippen LogP contribution < -0.4 is 10.5 Å². The van der Waals surface area contributed by atoms with Crippen molar-refractivity contribution < 1.29 is 14.3 Å². The van der Waals surface area contributed by atoms with E-state index < -0.39 is 5.91 Å². The van der Waals surface area contributed by atoms with Crippen molar-refractivity contribution in [3.8, 4) is 17.0 Å². The van der Waals surface area contributed by atoms with Gasteiger partial charge in [-0.25, -0.2) is 0 Å². The number of hydrogen-bond acceptors (Lipinski definition) is 4. The van der Waals surface area contributed by atoms with Crippen LogP contribution in [0.2, 0.25) is 5.02 Å². The number of halogens is 1. The molecule has 0 aliphatic carbocycles. The molecule has 7 heteroatoms. The molecule has 1 saturated heterocycles. The monoisotopic (exact) mass is 391 g/mol. The van der Waals surface area contributed by atoms with Gasteiger partial charge in [-0.1, -0.05) is 32.4 Å². The Morgan fingerprint density at radius 3 is 2.70 bits per heavy atom. The van der Waals surface area contributed by atoms with Gasteiger partial charge < -0.3 is 15.2 Å². The highest BCUT2D eigenvalue weighted by Gasteiger charge is 2.26. The average molecular weight is 392 g/mol. The van der Waals surface area contributed by atoms with Crippen molar-refractivity contribution in [2.45, 2.75) is 51.7 Å². The second-order valence-electron chi connectivity index (χ2n) is 7.88. The van der Waals surface area contributed by atoms with Gasteiger partial charge in [0.05, 0.1) is 36.7 Å². The maximum Gasteiger partial charge on any atom is 0.252 e. The lowest BCUT2D eigenvalue weighted by Crippen LogP contribution is -2.19. The normalized spacial score (nSPS) is 17.3. The van der Waals surface area contributed by atoms with Crippen LogP contribution in [-0.2, 0) is 16.7 Å². The number of rotatable bonds is 5. The van der Waals surface area contributed by atoms with E-state index >= 15 is 0 Å². The molecule has 3 rings (SSSR count). The molecule has 1 aromatic carbocycles. The quantitative estimate of drug-likeness (QED) is 0.840. The van der Waals surface area contributed by atoms with Crippen LogP contribution in [0.15, 0.2) is 18.2 Å². The molecular weight excluding hydrogens is 366 g/mol. The molecule has 1 fully saturated rings. The maximum absolute atomic E-state index is 11.9. The Balaban J connectivity index is 2.17. The van der Waals surface area contributed by atoms with Gasteiger partial charge in [-0.3, -0.25) is 9.48 Å². The largest absolute Gasteiger partial charge is 0.495 e. The number of ether oxygens (including phenoxy) is 2. The Hall–Kier alpha value is -2.05. The van der Waals surface area contributed by atoms with Gasteiger partial charge in [0.15, 0.2) is 0 Å². The van der Waals surface area contributed by atoms with Crippen molar-refractivity contribution >= 4 is 17.5 Å². The Kier molecular flexibility index (Phi) is 5.49. The van der Waals surface area contributed by atoms with Crippen molar-refractivity contribution in [2.24, 2.45) is 5.73 Å². The fourth-order valence-corrected chi connectivity index (χ4v) is 3.53. The van der Waals surface area contributed by atoms with E-state index in [1.165, 1.54) is 13.2 Å². The minimum atomic E-state index is -0.586. The number of methoxy groups -OCH3 is 1. The molecule has 0 saturated carbocycles. The average Bonchev–Trinajstić information content (AvgIpc) is 3.23. The Morgan fingerprint density at radius 2 is 2.15 bits per heavy atom. The zero-order chi connectivity index (χ0) is 19.8. The first-order valence-electron chi connectivity index (χ1n) is 9.08. The van der Waals surface area contributed by atoms with Crippen LogP contribution in [0, 0.1) is 0 Å². The van der Waals surface area contributed by atoms with Crippen LogP contribution in [0.3, 0.4) is 0 Å². The number of benzene rings is 1. The van der Waals surface area contributed by atoms with Gasteiger partial charge in [-0.15, -0.1) is 0 Å². The summed E-state index contributed by atoms with van der Waals surface area (Å²) in [4.78, 5) is 11.9. The summed E-state index contributed by atoms with van der Waals surface area (Å²) >= 11 is 6.27. The van der Waals surface area contributed by atoms with E-state index in [0.29, 0.717) is 22.9 Å². The van der Waals surface area contributed by atoms with Gasteiger partial charge in [0.2, 0.25) is 0 Å². The van der Waals surface area contributed by atoms with Crippen LogP contribution in [0.5, 0.6) is 5.75 Å². The van der Waals surface area contributed by atoms with Crippen molar-refractivity contribution in [3.05, 3.63) is 34.5 Å². The predicted octanol–water partition coefficient (Wildman–Crippen LogP) is 3.79. The lowest BCUT2D eigenvalue weighted by Gasteiger charge is -2.16. The van der Waals surface area contributed by atoms with E-state index in [2.05, 4.69) is 20.8 Å². The number of nitrogens with zero attached hydrogens (tertiary/aromatic N) is 2. The van der Waals surface area contributed by atoms with Crippen molar-refractivity contribution in [1.29, 1.82) is 0 Å². The number of primary amides is 1. The molecule has 1 aliphatic heterocycles. The standard InChI is InChI=1S/C20H26ClN3O3/c1-20(2,3)17-10-16(24(23-17)11-13-6-5-7-27-13)14-8-12(21)9-15(19(22)25)18(14)26-4/h8-10,13H,5-7,11H2,1-4H3,(H2,22,25)/t13-/m0/s1. The third kappa shape index (κ3) is 4.12. The minimum absolute atomic E-state index is 0.122. The van der Waals surface area contributed by atoms with E-state index in [0.717, 1.165) is 30.8 Å². The molecule has 1 aromatic heterocycles. The molecule has 6 nitrogen and oxygen atoms in total. The zero-order valence-electron chi connectivity index (χ0n) is 16.2. The second-order valence-corrected chi connectivity index (χ2v) is 8.32. The van der Waals surface area contributed by atoms with Gasteiger partial charge in [0.1, 0.15) is 5.75 Å². The Bertz CT molecular complexity index is 849. The van der Waals surface area contributed by atoms with E-state index in [4.69, 9.17) is 31.9 Å². The Morgan fingerprint density at radius 1 is 1.41 bits per heavy atom. The van der Waals surface area contributed by atoms with Crippen molar-refractivity contribution in [1.82, 2.24) is 9.78 Å². The topological polar surface area (TPSA) is 79.4 Å². The summed E-state index contributed by atoms with van der Waals surface area (Å²) in [5.41, 5.74) is 8.12. The van der Waals surface area contributed by atoms with Gasteiger partial charge in [0, 0.05) is 22.6 Å². The zero-order valence-corrected chi connectivity index (χ0v) is 17.0. The second kappa shape index (κ2) is 7.52. The highest BCUT2D eigenvalue weighted by molar-refractivity contribution is 6.31. The highest BCUT2D eigenvalue weighted by atomic mass is 35.5. The number of aromatic nitrogens is 2. The van der Waals surface area contributed by atoms with Crippen LogP contribution >= 0.6 is 11.6 Å². The third-order valence-electron chi connectivity index (χ3n) is 4.75. The molecule has 2 N–H and O–H groups in total. The fraction of sp³-hybridized carbons (Fsp3) is 0.500. The number of hydrogen-bond donors (Lipinski definition) is 1. The van der Waals surface area contributed by atoms with Crippen molar-refractivity contribution in [2.75, 3.05) is 13.7 Å². The number of carbonyl (C=O) groups excluding carboxylic acids is 1. The lowest BCUT2D eigenvalue weighted by atomic mass is 9.91. The number of carbonyl (C=O) groups is 1. The lowest BCUT2D eigenvalue weighted by molar-refractivity contribution is 0.0941. The summed E-state index contributed by atoms with van der Waals surface area (Å²) in [7, 11) is 1.52. The smallest absolute Gasteiger partial charge is 0.252 e.